The number of carboxylic acids is 1. The van der Waals surface area contributed by atoms with E-state index in [1.54, 1.807) is 18.2 Å². The van der Waals surface area contributed by atoms with Crippen LogP contribution in [0.2, 0.25) is 0 Å². The number of aromatic carboxylic acids is 1. The van der Waals surface area contributed by atoms with Gasteiger partial charge in [0.15, 0.2) is 0 Å². The quantitative estimate of drug-likeness (QED) is 0.711. The van der Waals surface area contributed by atoms with Crippen molar-refractivity contribution in [3.63, 3.8) is 0 Å². The number of carbonyl (C=O) groups excluding carboxylic acids is 1. The van der Waals surface area contributed by atoms with Crippen molar-refractivity contribution in [1.82, 2.24) is 0 Å². The Morgan fingerprint density at radius 1 is 1.40 bits per heavy atom. The molecule has 0 radical (unpaired) electrons. The number of hydrogen-bond donors (Lipinski definition) is 1. The van der Waals surface area contributed by atoms with E-state index in [2.05, 4.69) is 4.74 Å². The van der Waals surface area contributed by atoms with E-state index in [1.807, 2.05) is 13.0 Å². The van der Waals surface area contributed by atoms with Gasteiger partial charge in [-0.2, -0.15) is 0 Å². The lowest BCUT2D eigenvalue weighted by atomic mass is 10.1. The Kier molecular flexibility index (Phi) is 3.62. The number of rotatable bonds is 1. The average molecular weight is 206 g/mol. The monoisotopic (exact) mass is 206 g/mol. The van der Waals surface area contributed by atoms with Crippen LogP contribution in [0.25, 0.3) is 0 Å². The fourth-order valence-electron chi connectivity index (χ4n) is 0.902. The van der Waals surface area contributed by atoms with E-state index in [9.17, 15) is 9.59 Å². The van der Waals surface area contributed by atoms with Gasteiger partial charge in [-0.15, -0.1) is 0 Å². The zero-order valence-corrected chi connectivity index (χ0v) is 8.14. The maximum absolute atomic E-state index is 10.4. The van der Waals surface area contributed by atoms with Crippen LogP contribution in [0.15, 0.2) is 36.6 Å². The fourth-order valence-corrected chi connectivity index (χ4v) is 0.902. The third kappa shape index (κ3) is 3.64. The fraction of sp³-hybridized carbons (Fsp3) is 0.0909. The van der Waals surface area contributed by atoms with Gasteiger partial charge in [0.1, 0.15) is 6.26 Å². The molecule has 78 valence electrons. The van der Waals surface area contributed by atoms with Gasteiger partial charge in [0, 0.05) is 0 Å². The van der Waals surface area contributed by atoms with Crippen LogP contribution in [-0.2, 0) is 9.53 Å². The molecule has 1 aromatic carbocycles. The van der Waals surface area contributed by atoms with Crippen molar-refractivity contribution in [3.05, 3.63) is 47.7 Å². The number of carbonyl (C=O) groups is 2. The second kappa shape index (κ2) is 4.95. The molecule has 0 saturated heterocycles. The van der Waals surface area contributed by atoms with Crippen molar-refractivity contribution in [1.29, 1.82) is 0 Å². The Labute approximate surface area is 86.8 Å². The normalized spacial score (nSPS) is 11.9. The van der Waals surface area contributed by atoms with Crippen LogP contribution >= 0.6 is 0 Å². The van der Waals surface area contributed by atoms with E-state index < -0.39 is 5.97 Å². The van der Waals surface area contributed by atoms with Crippen LogP contribution in [0.4, 0.5) is 0 Å². The highest BCUT2D eigenvalue weighted by Gasteiger charge is 2.00. The van der Waals surface area contributed by atoms with E-state index in [0.29, 0.717) is 5.56 Å². The molecule has 4 heteroatoms. The lowest BCUT2D eigenvalue weighted by molar-refractivity contribution is -0.136. The summed E-state index contributed by atoms with van der Waals surface area (Å²) < 4.78 is 4.11. The van der Waals surface area contributed by atoms with Crippen molar-refractivity contribution in [2.75, 3.05) is 0 Å². The van der Waals surface area contributed by atoms with Gasteiger partial charge in [-0.05, 0) is 19.1 Å². The third-order valence-corrected chi connectivity index (χ3v) is 1.65. The molecule has 1 aromatic rings. The van der Waals surface area contributed by atoms with Crippen molar-refractivity contribution >= 4 is 11.9 Å². The Balaban J connectivity index is 0.000000187. The summed E-state index contributed by atoms with van der Waals surface area (Å²) in [5, 5.41) is 8.51. The van der Waals surface area contributed by atoms with Crippen molar-refractivity contribution in [3.8, 4) is 0 Å². The molecule has 0 bridgehead atoms. The summed E-state index contributed by atoms with van der Waals surface area (Å²) in [4.78, 5) is 19.9. The molecule has 0 saturated carbocycles. The first-order valence-electron chi connectivity index (χ1n) is 4.27. The number of cyclic esters (lactones) is 1. The number of hydrogen-bond acceptors (Lipinski definition) is 3. The predicted molar refractivity (Wildman–Crippen MR) is 53.4 cm³/mol. The first-order valence-corrected chi connectivity index (χ1v) is 4.27. The zero-order chi connectivity index (χ0) is 11.3. The van der Waals surface area contributed by atoms with E-state index in [0.717, 1.165) is 5.56 Å². The van der Waals surface area contributed by atoms with Gasteiger partial charge in [-0.1, -0.05) is 17.7 Å². The molecule has 0 spiro atoms. The molecule has 0 aromatic heterocycles. The van der Waals surface area contributed by atoms with Gasteiger partial charge in [0.05, 0.1) is 11.6 Å². The van der Waals surface area contributed by atoms with Crippen molar-refractivity contribution in [2.24, 2.45) is 0 Å². The topological polar surface area (TPSA) is 63.6 Å². The molecule has 1 aliphatic heterocycles. The summed E-state index contributed by atoms with van der Waals surface area (Å²) in [6.45, 7) is 1.87. The molecule has 1 N–H and O–H groups in total. The van der Waals surface area contributed by atoms with Crippen LogP contribution in [0.3, 0.4) is 0 Å². The van der Waals surface area contributed by atoms with Crippen LogP contribution in [0, 0.1) is 6.92 Å². The van der Waals surface area contributed by atoms with Crippen molar-refractivity contribution < 1.29 is 19.4 Å². The second-order valence-corrected chi connectivity index (χ2v) is 2.91. The van der Waals surface area contributed by atoms with E-state index in [1.165, 1.54) is 12.3 Å². The first kappa shape index (κ1) is 11.0. The summed E-state index contributed by atoms with van der Waals surface area (Å²) in [6, 6.07) is 6.82. The molecule has 0 atom stereocenters. The Hall–Kier alpha value is -2.10. The van der Waals surface area contributed by atoms with Crippen LogP contribution in [0.5, 0.6) is 0 Å². The molecule has 4 nitrogen and oxygen atoms in total. The van der Waals surface area contributed by atoms with E-state index in [4.69, 9.17) is 5.11 Å². The number of esters is 1. The average Bonchev–Trinajstić information content (AvgIpc) is 2.16. The predicted octanol–water partition coefficient (Wildman–Crippen LogP) is 1.75. The second-order valence-electron chi connectivity index (χ2n) is 2.91. The lowest BCUT2D eigenvalue weighted by Gasteiger charge is -1.96. The minimum atomic E-state index is -0.872. The SMILES string of the molecule is Cc1cccc(C(=O)O)c1.O=C1C=CO1. The molecule has 0 amide bonds. The van der Waals surface area contributed by atoms with E-state index >= 15 is 0 Å². The Morgan fingerprint density at radius 2 is 2.00 bits per heavy atom. The Bertz CT molecular complexity index is 407. The summed E-state index contributed by atoms with van der Waals surface area (Å²) in [6.07, 6.45) is 2.71. The molecule has 0 fully saturated rings. The lowest BCUT2D eigenvalue weighted by Crippen LogP contribution is -2.01. The number of aryl methyl sites for hydroxylation is 1. The minimum absolute atomic E-state index is 0.245. The van der Waals surface area contributed by atoms with Gasteiger partial charge >= 0.3 is 11.9 Å². The molecule has 15 heavy (non-hydrogen) atoms. The third-order valence-electron chi connectivity index (χ3n) is 1.65. The van der Waals surface area contributed by atoms with E-state index in [-0.39, 0.29) is 5.97 Å². The van der Waals surface area contributed by atoms with Crippen molar-refractivity contribution in [2.45, 2.75) is 6.92 Å². The Morgan fingerprint density at radius 3 is 2.27 bits per heavy atom. The maximum atomic E-state index is 10.4. The smallest absolute Gasteiger partial charge is 0.338 e. The summed E-state index contributed by atoms with van der Waals surface area (Å²) >= 11 is 0. The number of ether oxygens (including phenoxy) is 1. The van der Waals surface area contributed by atoms with Gasteiger partial charge in [0.2, 0.25) is 0 Å². The first-order chi connectivity index (χ1) is 7.09. The van der Waals surface area contributed by atoms with Gasteiger partial charge in [-0.25, -0.2) is 9.59 Å². The highest BCUT2D eigenvalue weighted by Crippen LogP contribution is 2.02. The number of carboxylic acid groups (broad SMARTS) is 1. The molecule has 1 heterocycles. The highest BCUT2D eigenvalue weighted by atomic mass is 16.5. The summed E-state index contributed by atoms with van der Waals surface area (Å²) in [7, 11) is 0. The van der Waals surface area contributed by atoms with Gasteiger partial charge in [0.25, 0.3) is 0 Å². The number of benzene rings is 1. The van der Waals surface area contributed by atoms with Gasteiger partial charge < -0.3 is 9.84 Å². The van der Waals surface area contributed by atoms with Crippen LogP contribution in [0.1, 0.15) is 15.9 Å². The molecule has 1 aliphatic rings. The minimum Gasteiger partial charge on any atom is -0.478 e. The summed E-state index contributed by atoms with van der Waals surface area (Å²) in [5.74, 6) is -1.12. The molecular weight excluding hydrogens is 196 g/mol. The maximum Gasteiger partial charge on any atom is 0.338 e. The molecular formula is C11H10O4. The standard InChI is InChI=1S/C8H8O2.C3H2O2/c1-6-3-2-4-7(5-6)8(9)10;4-3-1-2-5-3/h2-5H,1H3,(H,9,10);1-2H. The zero-order valence-electron chi connectivity index (χ0n) is 8.14. The van der Waals surface area contributed by atoms with Crippen LogP contribution in [-0.4, -0.2) is 17.0 Å². The molecule has 0 aliphatic carbocycles. The molecule has 0 unspecified atom stereocenters. The summed E-state index contributed by atoms with van der Waals surface area (Å²) in [5.41, 5.74) is 1.32. The van der Waals surface area contributed by atoms with Crippen LogP contribution < -0.4 is 0 Å². The highest BCUT2D eigenvalue weighted by molar-refractivity contribution is 5.87. The molecule has 2 rings (SSSR count). The van der Waals surface area contributed by atoms with Gasteiger partial charge in [-0.3, -0.25) is 0 Å². The largest absolute Gasteiger partial charge is 0.478 e.